The van der Waals surface area contributed by atoms with Gasteiger partial charge in [0, 0.05) is 12.0 Å². The third-order valence-corrected chi connectivity index (χ3v) is 7.76. The highest BCUT2D eigenvalue weighted by molar-refractivity contribution is 7.89. The van der Waals surface area contributed by atoms with Crippen LogP contribution >= 0.6 is 23.2 Å². The van der Waals surface area contributed by atoms with Crippen LogP contribution in [0.3, 0.4) is 0 Å². The Morgan fingerprint density at radius 3 is 2.36 bits per heavy atom. The van der Waals surface area contributed by atoms with E-state index in [1.165, 1.54) is 4.31 Å². The van der Waals surface area contributed by atoms with Gasteiger partial charge in [0.15, 0.2) is 0 Å². The van der Waals surface area contributed by atoms with Crippen LogP contribution in [0, 0.1) is 5.92 Å². The SMILES string of the molecule is CC1CC1c1ccc(CN(C2CC2)S(=O)(=O)c2c(Cl)cccc2Cl)o1. The van der Waals surface area contributed by atoms with E-state index in [9.17, 15) is 8.42 Å². The molecule has 0 spiro atoms. The largest absolute Gasteiger partial charge is 0.464 e. The fourth-order valence-corrected chi connectivity index (χ4v) is 5.92. The molecule has 4 rings (SSSR count). The molecule has 2 aromatic rings. The van der Waals surface area contributed by atoms with Crippen molar-refractivity contribution < 1.29 is 12.8 Å². The van der Waals surface area contributed by atoms with Gasteiger partial charge in [-0.3, -0.25) is 0 Å². The molecule has 1 heterocycles. The average molecular weight is 400 g/mol. The van der Waals surface area contributed by atoms with Gasteiger partial charge < -0.3 is 4.42 Å². The van der Waals surface area contributed by atoms with Crippen LogP contribution in [-0.2, 0) is 16.6 Å². The molecule has 7 heteroatoms. The number of halogens is 2. The first-order valence-electron chi connectivity index (χ1n) is 8.42. The van der Waals surface area contributed by atoms with E-state index in [4.69, 9.17) is 27.6 Å². The van der Waals surface area contributed by atoms with Crippen molar-refractivity contribution in [3.8, 4) is 0 Å². The predicted octanol–water partition coefficient (Wildman–Crippen LogP) is 5.06. The van der Waals surface area contributed by atoms with Crippen LogP contribution < -0.4 is 0 Å². The zero-order valence-corrected chi connectivity index (χ0v) is 16.1. The molecule has 134 valence electrons. The highest BCUT2D eigenvalue weighted by Gasteiger charge is 2.41. The van der Waals surface area contributed by atoms with Crippen molar-refractivity contribution in [1.82, 2.24) is 4.31 Å². The van der Waals surface area contributed by atoms with Crippen LogP contribution in [0.5, 0.6) is 0 Å². The average Bonchev–Trinajstić information content (AvgIpc) is 3.45. The van der Waals surface area contributed by atoms with Crippen LogP contribution in [0.15, 0.2) is 39.6 Å². The topological polar surface area (TPSA) is 50.5 Å². The van der Waals surface area contributed by atoms with E-state index < -0.39 is 10.0 Å². The molecule has 4 nitrogen and oxygen atoms in total. The van der Waals surface area contributed by atoms with E-state index in [1.807, 2.05) is 12.1 Å². The van der Waals surface area contributed by atoms with Crippen LogP contribution in [0.2, 0.25) is 10.0 Å². The van der Waals surface area contributed by atoms with E-state index in [-0.39, 0.29) is 27.5 Å². The van der Waals surface area contributed by atoms with Gasteiger partial charge in [-0.25, -0.2) is 8.42 Å². The van der Waals surface area contributed by atoms with Gasteiger partial charge >= 0.3 is 0 Å². The number of sulfonamides is 1. The molecule has 2 saturated carbocycles. The molecule has 0 bridgehead atoms. The van der Waals surface area contributed by atoms with Crippen molar-refractivity contribution in [1.29, 1.82) is 0 Å². The second-order valence-corrected chi connectivity index (χ2v) is 9.60. The molecule has 1 aromatic heterocycles. The standard InChI is InChI=1S/C18H19Cl2NO3S/c1-11-9-14(11)17-8-7-13(24-17)10-21(12-5-6-12)25(22,23)18-15(19)3-2-4-16(18)20/h2-4,7-8,11-12,14H,5-6,9-10H2,1H3. The van der Waals surface area contributed by atoms with Crippen LogP contribution in [-0.4, -0.2) is 18.8 Å². The first-order valence-corrected chi connectivity index (χ1v) is 10.6. The highest BCUT2D eigenvalue weighted by atomic mass is 35.5. The van der Waals surface area contributed by atoms with E-state index in [1.54, 1.807) is 18.2 Å². The number of furan rings is 1. The Labute approximate surface area is 157 Å². The minimum Gasteiger partial charge on any atom is -0.464 e. The summed E-state index contributed by atoms with van der Waals surface area (Å²) in [5, 5.41) is 0.287. The summed E-state index contributed by atoms with van der Waals surface area (Å²) in [6, 6.07) is 8.55. The van der Waals surface area contributed by atoms with Gasteiger partial charge in [-0.2, -0.15) is 4.31 Å². The van der Waals surface area contributed by atoms with Gasteiger partial charge in [0.25, 0.3) is 0 Å². The fraction of sp³-hybridized carbons (Fsp3) is 0.444. The predicted molar refractivity (Wildman–Crippen MR) is 97.4 cm³/mol. The molecule has 2 atom stereocenters. The quantitative estimate of drug-likeness (QED) is 0.681. The number of nitrogens with zero attached hydrogens (tertiary/aromatic N) is 1. The van der Waals surface area contributed by atoms with Crippen LogP contribution in [0.25, 0.3) is 0 Å². The third kappa shape index (κ3) is 3.35. The van der Waals surface area contributed by atoms with E-state index in [0.29, 0.717) is 17.6 Å². The molecule has 0 radical (unpaired) electrons. The van der Waals surface area contributed by atoms with Crippen molar-refractivity contribution in [3.63, 3.8) is 0 Å². The Kier molecular flexibility index (Phi) is 4.39. The van der Waals surface area contributed by atoms with Gasteiger partial charge in [-0.05, 0) is 49.4 Å². The van der Waals surface area contributed by atoms with Gasteiger partial charge in [0.05, 0.1) is 16.6 Å². The number of hydrogen-bond acceptors (Lipinski definition) is 3. The summed E-state index contributed by atoms with van der Waals surface area (Å²) in [6.45, 7) is 2.39. The maximum atomic E-state index is 13.2. The zero-order chi connectivity index (χ0) is 17.8. The molecular formula is C18H19Cl2NO3S. The van der Waals surface area contributed by atoms with E-state index in [2.05, 4.69) is 6.92 Å². The van der Waals surface area contributed by atoms with Crippen molar-refractivity contribution >= 4 is 33.2 Å². The van der Waals surface area contributed by atoms with Crippen molar-refractivity contribution in [3.05, 3.63) is 51.9 Å². The smallest absolute Gasteiger partial charge is 0.246 e. The zero-order valence-electron chi connectivity index (χ0n) is 13.8. The summed E-state index contributed by atoms with van der Waals surface area (Å²) < 4.78 is 33.7. The molecular weight excluding hydrogens is 381 g/mol. The molecule has 2 fully saturated rings. The second-order valence-electron chi connectivity index (χ2n) is 6.96. The van der Waals surface area contributed by atoms with Crippen LogP contribution in [0.1, 0.15) is 43.6 Å². The molecule has 2 aliphatic carbocycles. The van der Waals surface area contributed by atoms with Gasteiger partial charge in [0.2, 0.25) is 10.0 Å². The normalized spacial score (nSPS) is 23.2. The number of hydrogen-bond donors (Lipinski definition) is 0. The van der Waals surface area contributed by atoms with Crippen molar-refractivity contribution in [2.75, 3.05) is 0 Å². The van der Waals surface area contributed by atoms with E-state index in [0.717, 1.165) is 25.0 Å². The molecule has 0 N–H and O–H groups in total. The fourth-order valence-electron chi connectivity index (χ4n) is 3.17. The molecule has 2 unspecified atom stereocenters. The van der Waals surface area contributed by atoms with Crippen molar-refractivity contribution in [2.24, 2.45) is 5.92 Å². The Hall–Kier alpha value is -1.01. The molecule has 0 aliphatic heterocycles. The lowest BCUT2D eigenvalue weighted by atomic mass is 10.3. The molecule has 25 heavy (non-hydrogen) atoms. The summed E-state index contributed by atoms with van der Waals surface area (Å²) in [5.41, 5.74) is 0. The van der Waals surface area contributed by atoms with Crippen molar-refractivity contribution in [2.45, 2.75) is 49.6 Å². The van der Waals surface area contributed by atoms with Crippen LogP contribution in [0.4, 0.5) is 0 Å². The third-order valence-electron chi connectivity index (χ3n) is 4.91. The minimum atomic E-state index is -3.79. The highest BCUT2D eigenvalue weighted by Crippen LogP contribution is 2.47. The summed E-state index contributed by atoms with van der Waals surface area (Å²) in [5.74, 6) is 2.72. The summed E-state index contributed by atoms with van der Waals surface area (Å²) >= 11 is 12.3. The van der Waals surface area contributed by atoms with Gasteiger partial charge in [-0.15, -0.1) is 0 Å². The summed E-state index contributed by atoms with van der Waals surface area (Å²) in [6.07, 6.45) is 2.82. The monoisotopic (exact) mass is 399 g/mol. The Balaban J connectivity index is 1.64. The molecule has 1 aromatic carbocycles. The maximum Gasteiger partial charge on any atom is 0.246 e. The first-order chi connectivity index (χ1) is 11.9. The van der Waals surface area contributed by atoms with Gasteiger partial charge in [0.1, 0.15) is 16.4 Å². The van der Waals surface area contributed by atoms with Gasteiger partial charge in [-0.1, -0.05) is 36.2 Å². The first kappa shape index (κ1) is 17.4. The lowest BCUT2D eigenvalue weighted by Crippen LogP contribution is -2.33. The Morgan fingerprint density at radius 2 is 1.80 bits per heavy atom. The maximum absolute atomic E-state index is 13.2. The summed E-state index contributed by atoms with van der Waals surface area (Å²) in [4.78, 5) is -0.0205. The lowest BCUT2D eigenvalue weighted by molar-refractivity contribution is 0.348. The summed E-state index contributed by atoms with van der Waals surface area (Å²) in [7, 11) is -3.79. The number of benzene rings is 1. The molecule has 0 amide bonds. The lowest BCUT2D eigenvalue weighted by Gasteiger charge is -2.22. The Bertz CT molecular complexity index is 885. The second kappa shape index (κ2) is 6.31. The molecule has 2 aliphatic rings. The Morgan fingerprint density at radius 1 is 1.16 bits per heavy atom. The molecule has 0 saturated heterocycles. The number of rotatable bonds is 6. The van der Waals surface area contributed by atoms with E-state index >= 15 is 0 Å². The minimum absolute atomic E-state index is 0.0205.